The Labute approximate surface area is 98.6 Å². The lowest BCUT2D eigenvalue weighted by atomic mass is 10.0. The number of benzene rings is 1. The Morgan fingerprint density at radius 3 is 2.50 bits per heavy atom. The van der Waals surface area contributed by atoms with Crippen molar-refractivity contribution in [1.82, 2.24) is 5.32 Å². The molecule has 0 aromatic heterocycles. The highest BCUT2D eigenvalue weighted by Crippen LogP contribution is 2.36. The predicted molar refractivity (Wildman–Crippen MR) is 63.6 cm³/mol. The number of halogens is 2. The van der Waals surface area contributed by atoms with E-state index in [1.807, 2.05) is 18.8 Å². The molecule has 1 saturated heterocycles. The second-order valence-corrected chi connectivity index (χ2v) is 5.37. The van der Waals surface area contributed by atoms with Crippen molar-refractivity contribution < 1.29 is 8.78 Å². The fourth-order valence-electron chi connectivity index (χ4n) is 2.19. The molecule has 2 rings (SSSR count). The van der Waals surface area contributed by atoms with Crippen LogP contribution in [0.25, 0.3) is 0 Å². The van der Waals surface area contributed by atoms with Gasteiger partial charge in [-0.1, -0.05) is 0 Å². The number of rotatable bonds is 3. The molecular weight excluding hydrogens is 228 g/mol. The number of hydrogen-bond acceptors (Lipinski definition) is 2. The molecule has 1 aromatic rings. The molecule has 0 radical (unpaired) electrons. The summed E-state index contributed by atoms with van der Waals surface area (Å²) >= 11 is 1.87. The first kappa shape index (κ1) is 11.9. The van der Waals surface area contributed by atoms with E-state index in [4.69, 9.17) is 0 Å². The Balaban J connectivity index is 2.24. The highest BCUT2D eigenvalue weighted by molar-refractivity contribution is 8.00. The first-order valence-corrected chi connectivity index (χ1v) is 6.50. The molecule has 0 saturated carbocycles. The second-order valence-electron chi connectivity index (χ2n) is 4.02. The van der Waals surface area contributed by atoms with E-state index in [-0.39, 0.29) is 6.04 Å². The molecule has 2 atom stereocenters. The average molecular weight is 243 g/mol. The molecule has 1 N–H and O–H groups in total. The molecule has 1 aliphatic rings. The Morgan fingerprint density at radius 1 is 1.31 bits per heavy atom. The fraction of sp³-hybridized carbons (Fsp3) is 0.500. The molecule has 16 heavy (non-hydrogen) atoms. The van der Waals surface area contributed by atoms with E-state index in [0.29, 0.717) is 10.8 Å². The van der Waals surface area contributed by atoms with E-state index < -0.39 is 11.6 Å². The lowest BCUT2D eigenvalue weighted by Gasteiger charge is -2.22. The van der Waals surface area contributed by atoms with Gasteiger partial charge in [0.15, 0.2) is 0 Å². The lowest BCUT2D eigenvalue weighted by molar-refractivity contribution is 0.531. The van der Waals surface area contributed by atoms with Crippen molar-refractivity contribution in [2.24, 2.45) is 0 Å². The van der Waals surface area contributed by atoms with E-state index in [1.165, 1.54) is 18.6 Å². The summed E-state index contributed by atoms with van der Waals surface area (Å²) < 4.78 is 26.3. The van der Waals surface area contributed by atoms with Crippen LogP contribution in [-0.4, -0.2) is 18.1 Å². The number of nitrogens with one attached hydrogen (secondary N) is 1. The lowest BCUT2D eigenvalue weighted by Crippen LogP contribution is -2.26. The largest absolute Gasteiger partial charge is 0.312 e. The molecule has 1 aliphatic heterocycles. The van der Waals surface area contributed by atoms with E-state index in [2.05, 4.69) is 5.32 Å². The second kappa shape index (κ2) is 5.15. The number of hydrogen-bond donors (Lipinski definition) is 1. The van der Waals surface area contributed by atoms with Crippen LogP contribution in [0.3, 0.4) is 0 Å². The standard InChI is InChI=1S/C12H15F2NS/c1-15-12(11-3-2-4-16-11)8-5-9(13)7-10(14)6-8/h5-7,11-12,15H,2-4H2,1H3. The molecule has 0 aliphatic carbocycles. The first-order valence-electron chi connectivity index (χ1n) is 5.45. The summed E-state index contributed by atoms with van der Waals surface area (Å²) in [5.74, 6) is 0.136. The molecule has 1 fully saturated rings. The third-order valence-corrected chi connectivity index (χ3v) is 4.35. The van der Waals surface area contributed by atoms with Crippen LogP contribution in [0.1, 0.15) is 24.4 Å². The van der Waals surface area contributed by atoms with Crippen LogP contribution in [0.2, 0.25) is 0 Å². The van der Waals surface area contributed by atoms with Crippen molar-refractivity contribution in [2.45, 2.75) is 24.1 Å². The van der Waals surface area contributed by atoms with Crippen molar-refractivity contribution in [1.29, 1.82) is 0 Å². The molecule has 4 heteroatoms. The third-order valence-electron chi connectivity index (χ3n) is 2.89. The van der Waals surface area contributed by atoms with E-state index in [9.17, 15) is 8.78 Å². The molecule has 1 heterocycles. The van der Waals surface area contributed by atoms with Gasteiger partial charge >= 0.3 is 0 Å². The Morgan fingerprint density at radius 2 is 2.00 bits per heavy atom. The molecule has 0 amide bonds. The van der Waals surface area contributed by atoms with Crippen LogP contribution >= 0.6 is 11.8 Å². The minimum Gasteiger partial charge on any atom is -0.312 e. The molecule has 88 valence electrons. The Kier molecular flexibility index (Phi) is 3.82. The SMILES string of the molecule is CNC(c1cc(F)cc(F)c1)C1CCCS1. The zero-order valence-electron chi connectivity index (χ0n) is 9.17. The van der Waals surface area contributed by atoms with Crippen molar-refractivity contribution in [2.75, 3.05) is 12.8 Å². The van der Waals surface area contributed by atoms with Gasteiger partial charge in [0.1, 0.15) is 11.6 Å². The molecule has 0 spiro atoms. The van der Waals surface area contributed by atoms with Gasteiger partial charge in [0.05, 0.1) is 0 Å². The normalized spacial score (nSPS) is 22.3. The fourth-order valence-corrected chi connectivity index (χ4v) is 3.64. The van der Waals surface area contributed by atoms with Crippen LogP contribution < -0.4 is 5.32 Å². The van der Waals surface area contributed by atoms with Crippen molar-refractivity contribution in [3.8, 4) is 0 Å². The van der Waals surface area contributed by atoms with Crippen LogP contribution in [-0.2, 0) is 0 Å². The summed E-state index contributed by atoms with van der Waals surface area (Å²) in [6.07, 6.45) is 2.29. The molecule has 2 unspecified atom stereocenters. The summed E-state index contributed by atoms with van der Waals surface area (Å²) in [6.45, 7) is 0. The monoisotopic (exact) mass is 243 g/mol. The highest BCUT2D eigenvalue weighted by Gasteiger charge is 2.26. The number of thioether (sulfide) groups is 1. The quantitative estimate of drug-likeness (QED) is 0.875. The smallest absolute Gasteiger partial charge is 0.126 e. The maximum absolute atomic E-state index is 13.1. The van der Waals surface area contributed by atoms with Gasteiger partial charge in [-0.25, -0.2) is 8.78 Å². The van der Waals surface area contributed by atoms with E-state index in [0.717, 1.165) is 18.2 Å². The van der Waals surface area contributed by atoms with Crippen LogP contribution in [0.15, 0.2) is 18.2 Å². The minimum atomic E-state index is -0.502. The van der Waals surface area contributed by atoms with Crippen molar-refractivity contribution in [3.63, 3.8) is 0 Å². The maximum atomic E-state index is 13.1. The summed E-state index contributed by atoms with van der Waals surface area (Å²) in [4.78, 5) is 0. The first-order chi connectivity index (χ1) is 7.70. The molecule has 0 bridgehead atoms. The third kappa shape index (κ3) is 2.55. The van der Waals surface area contributed by atoms with Gasteiger partial charge in [-0.2, -0.15) is 11.8 Å². The molecular formula is C12H15F2NS. The van der Waals surface area contributed by atoms with E-state index >= 15 is 0 Å². The minimum absolute atomic E-state index is 0.0395. The van der Waals surface area contributed by atoms with Gasteiger partial charge in [0, 0.05) is 17.4 Å². The zero-order chi connectivity index (χ0) is 11.5. The topological polar surface area (TPSA) is 12.0 Å². The van der Waals surface area contributed by atoms with E-state index in [1.54, 1.807) is 0 Å². The summed E-state index contributed by atoms with van der Waals surface area (Å²) in [5.41, 5.74) is 0.708. The van der Waals surface area contributed by atoms with Gasteiger partial charge in [0.2, 0.25) is 0 Å². The van der Waals surface area contributed by atoms with Crippen LogP contribution in [0.5, 0.6) is 0 Å². The summed E-state index contributed by atoms with van der Waals surface area (Å²) in [5, 5.41) is 3.58. The summed E-state index contributed by atoms with van der Waals surface area (Å²) in [7, 11) is 1.84. The Hall–Kier alpha value is -0.610. The van der Waals surface area contributed by atoms with Crippen LogP contribution in [0, 0.1) is 11.6 Å². The maximum Gasteiger partial charge on any atom is 0.126 e. The van der Waals surface area contributed by atoms with Gasteiger partial charge in [0.25, 0.3) is 0 Å². The van der Waals surface area contributed by atoms with Crippen LogP contribution in [0.4, 0.5) is 8.78 Å². The van der Waals surface area contributed by atoms with Gasteiger partial charge in [-0.15, -0.1) is 0 Å². The molecule has 1 nitrogen and oxygen atoms in total. The van der Waals surface area contributed by atoms with Crippen molar-refractivity contribution >= 4 is 11.8 Å². The van der Waals surface area contributed by atoms with Gasteiger partial charge < -0.3 is 5.32 Å². The van der Waals surface area contributed by atoms with Gasteiger partial charge in [-0.3, -0.25) is 0 Å². The van der Waals surface area contributed by atoms with Crippen molar-refractivity contribution in [3.05, 3.63) is 35.4 Å². The highest BCUT2D eigenvalue weighted by atomic mass is 32.2. The predicted octanol–water partition coefficient (Wildman–Crippen LogP) is 3.12. The zero-order valence-corrected chi connectivity index (χ0v) is 9.99. The van der Waals surface area contributed by atoms with Gasteiger partial charge in [-0.05, 0) is 43.3 Å². The Bertz CT molecular complexity index is 344. The average Bonchev–Trinajstić information content (AvgIpc) is 2.70. The molecule has 1 aromatic carbocycles. The summed E-state index contributed by atoms with van der Waals surface area (Å²) in [6, 6.07) is 3.79.